The summed E-state index contributed by atoms with van der Waals surface area (Å²) in [5.74, 6) is 1.45. The summed E-state index contributed by atoms with van der Waals surface area (Å²) >= 11 is 0. The van der Waals surface area contributed by atoms with Gasteiger partial charge in [-0.2, -0.15) is 0 Å². The number of fused-ring (bicyclic) bond motifs is 2. The summed E-state index contributed by atoms with van der Waals surface area (Å²) < 4.78 is 10.7. The molecular formula is C14H18N2O3. The number of rotatable bonds is 2. The number of hydrogen-bond donors (Lipinski definition) is 2. The minimum Gasteiger partial charge on any atom is -0.493 e. The van der Waals surface area contributed by atoms with Crippen molar-refractivity contribution in [1.82, 2.24) is 10.6 Å². The van der Waals surface area contributed by atoms with Gasteiger partial charge in [-0.25, -0.2) is 0 Å². The molecule has 102 valence electrons. The third-order valence-corrected chi connectivity index (χ3v) is 4.09. The minimum atomic E-state index is -0.590. The number of carbonyl (C=O) groups excluding carboxylic acids is 1. The van der Waals surface area contributed by atoms with Gasteiger partial charge in [0.1, 0.15) is 5.54 Å². The second-order valence-corrected chi connectivity index (χ2v) is 4.98. The number of amides is 1. The summed E-state index contributed by atoms with van der Waals surface area (Å²) in [6.07, 6.45) is 2.77. The fourth-order valence-corrected chi connectivity index (χ4v) is 3.13. The zero-order valence-electron chi connectivity index (χ0n) is 11.2. The summed E-state index contributed by atoms with van der Waals surface area (Å²) in [5, 5.41) is 6.17. The van der Waals surface area contributed by atoms with Gasteiger partial charge in [-0.15, -0.1) is 0 Å². The van der Waals surface area contributed by atoms with E-state index in [4.69, 9.17) is 9.47 Å². The van der Waals surface area contributed by atoms with Crippen LogP contribution in [0.25, 0.3) is 0 Å². The van der Waals surface area contributed by atoms with Crippen molar-refractivity contribution in [3.8, 4) is 11.5 Å². The van der Waals surface area contributed by atoms with E-state index in [2.05, 4.69) is 10.6 Å². The number of nitrogens with one attached hydrogen (secondary N) is 2. The Morgan fingerprint density at radius 2 is 1.95 bits per heavy atom. The minimum absolute atomic E-state index is 0.0562. The highest BCUT2D eigenvalue weighted by Crippen LogP contribution is 2.42. The lowest BCUT2D eigenvalue weighted by atomic mass is 9.76. The van der Waals surface area contributed by atoms with E-state index in [-0.39, 0.29) is 5.91 Å². The van der Waals surface area contributed by atoms with Gasteiger partial charge in [0, 0.05) is 0 Å². The van der Waals surface area contributed by atoms with Crippen molar-refractivity contribution in [3.63, 3.8) is 0 Å². The van der Waals surface area contributed by atoms with Crippen LogP contribution in [0, 0.1) is 0 Å². The Hall–Kier alpha value is -1.75. The molecule has 2 N–H and O–H groups in total. The highest BCUT2D eigenvalue weighted by Gasteiger charge is 2.46. The number of hydrogen-bond acceptors (Lipinski definition) is 4. The Morgan fingerprint density at radius 1 is 1.21 bits per heavy atom. The highest BCUT2D eigenvalue weighted by atomic mass is 16.5. The molecule has 1 heterocycles. The lowest BCUT2D eigenvalue weighted by Crippen LogP contribution is -2.45. The van der Waals surface area contributed by atoms with Crippen molar-refractivity contribution in [2.45, 2.75) is 24.8 Å². The Labute approximate surface area is 112 Å². The first-order chi connectivity index (χ1) is 9.21. The van der Waals surface area contributed by atoms with E-state index >= 15 is 0 Å². The van der Waals surface area contributed by atoms with Gasteiger partial charge in [-0.1, -0.05) is 0 Å². The zero-order chi connectivity index (χ0) is 13.5. The molecule has 1 atom stereocenters. The van der Waals surface area contributed by atoms with Crippen LogP contribution >= 0.6 is 0 Å². The van der Waals surface area contributed by atoms with Crippen molar-refractivity contribution in [2.24, 2.45) is 0 Å². The van der Waals surface area contributed by atoms with E-state index in [9.17, 15) is 4.79 Å². The van der Waals surface area contributed by atoms with Gasteiger partial charge < -0.3 is 14.8 Å². The maximum Gasteiger partial charge on any atom is 0.245 e. The fourth-order valence-electron chi connectivity index (χ4n) is 3.13. The second kappa shape index (κ2) is 4.42. The third-order valence-electron chi connectivity index (χ3n) is 4.09. The van der Waals surface area contributed by atoms with E-state index in [1.54, 1.807) is 14.2 Å². The van der Waals surface area contributed by atoms with Crippen molar-refractivity contribution in [3.05, 3.63) is 23.3 Å². The Kier molecular flexibility index (Phi) is 2.86. The molecule has 3 rings (SSSR count). The predicted molar refractivity (Wildman–Crippen MR) is 70.3 cm³/mol. The Bertz CT molecular complexity index is 530. The monoisotopic (exact) mass is 262 g/mol. The molecule has 1 unspecified atom stereocenters. The molecule has 1 amide bonds. The molecule has 19 heavy (non-hydrogen) atoms. The van der Waals surface area contributed by atoms with Crippen LogP contribution in [0.1, 0.15) is 24.0 Å². The van der Waals surface area contributed by atoms with Crippen LogP contribution in [-0.2, 0) is 16.8 Å². The highest BCUT2D eigenvalue weighted by molar-refractivity contribution is 5.90. The van der Waals surface area contributed by atoms with Gasteiger partial charge in [-0.05, 0) is 42.5 Å². The molecule has 2 aliphatic rings. The first kappa shape index (κ1) is 12.3. The summed E-state index contributed by atoms with van der Waals surface area (Å²) in [7, 11) is 3.24. The molecule has 1 saturated heterocycles. The third kappa shape index (κ3) is 1.69. The Balaban J connectivity index is 2.16. The largest absolute Gasteiger partial charge is 0.493 e. The summed E-state index contributed by atoms with van der Waals surface area (Å²) in [6, 6.07) is 3.92. The molecule has 1 aliphatic heterocycles. The van der Waals surface area contributed by atoms with Gasteiger partial charge in [-0.3, -0.25) is 10.1 Å². The molecule has 1 aromatic carbocycles. The van der Waals surface area contributed by atoms with Crippen LogP contribution in [0.5, 0.6) is 11.5 Å². The number of benzene rings is 1. The maximum atomic E-state index is 12.2. The maximum absolute atomic E-state index is 12.2. The van der Waals surface area contributed by atoms with Gasteiger partial charge in [0.2, 0.25) is 5.91 Å². The predicted octanol–water partition coefficient (Wildman–Crippen LogP) is 0.912. The van der Waals surface area contributed by atoms with Gasteiger partial charge in [0.15, 0.2) is 11.5 Å². The fraction of sp³-hybridized carbons (Fsp3) is 0.500. The summed E-state index contributed by atoms with van der Waals surface area (Å²) in [6.45, 7) is 0.520. The lowest BCUT2D eigenvalue weighted by Gasteiger charge is -2.34. The van der Waals surface area contributed by atoms with Crippen LogP contribution in [0.4, 0.5) is 0 Å². The van der Waals surface area contributed by atoms with Gasteiger partial charge >= 0.3 is 0 Å². The molecule has 0 saturated carbocycles. The van der Waals surface area contributed by atoms with Crippen LogP contribution < -0.4 is 20.1 Å². The molecule has 5 heteroatoms. The average Bonchev–Trinajstić information content (AvgIpc) is 2.80. The van der Waals surface area contributed by atoms with Gasteiger partial charge in [0.25, 0.3) is 0 Å². The summed E-state index contributed by atoms with van der Waals surface area (Å²) in [5.41, 5.74) is 1.59. The number of ether oxygens (including phenoxy) is 2. The Morgan fingerprint density at radius 3 is 2.58 bits per heavy atom. The zero-order valence-corrected chi connectivity index (χ0v) is 11.2. The van der Waals surface area contributed by atoms with E-state index in [0.717, 1.165) is 36.1 Å². The van der Waals surface area contributed by atoms with Crippen molar-refractivity contribution in [2.75, 3.05) is 20.9 Å². The molecular weight excluding hydrogens is 244 g/mol. The quantitative estimate of drug-likeness (QED) is 0.832. The van der Waals surface area contributed by atoms with Crippen LogP contribution in [0.2, 0.25) is 0 Å². The number of carbonyl (C=O) groups is 1. The first-order valence-corrected chi connectivity index (χ1v) is 6.50. The summed E-state index contributed by atoms with van der Waals surface area (Å²) in [4.78, 5) is 12.2. The molecule has 1 fully saturated rings. The SMILES string of the molecule is COc1cc2c(cc1OC)C1(CCC2)NCNC1=O. The first-order valence-electron chi connectivity index (χ1n) is 6.50. The number of methoxy groups -OCH3 is 2. The second-order valence-electron chi connectivity index (χ2n) is 4.98. The van der Waals surface area contributed by atoms with E-state index in [0.29, 0.717) is 12.4 Å². The van der Waals surface area contributed by atoms with E-state index < -0.39 is 5.54 Å². The topological polar surface area (TPSA) is 59.6 Å². The lowest BCUT2D eigenvalue weighted by molar-refractivity contribution is -0.124. The molecule has 5 nitrogen and oxygen atoms in total. The van der Waals surface area contributed by atoms with Crippen LogP contribution in [0.15, 0.2) is 12.1 Å². The molecule has 0 aromatic heterocycles. The standard InChI is InChI=1S/C14H18N2O3/c1-18-11-6-9-4-3-5-14(13(17)15-8-16-14)10(9)7-12(11)19-2/h6-7,16H,3-5,8H2,1-2H3,(H,15,17). The number of aryl methyl sites for hydroxylation is 1. The molecule has 1 aliphatic carbocycles. The molecule has 1 spiro atoms. The van der Waals surface area contributed by atoms with Crippen molar-refractivity contribution in [1.29, 1.82) is 0 Å². The van der Waals surface area contributed by atoms with Crippen LogP contribution in [-0.4, -0.2) is 26.8 Å². The molecule has 0 bridgehead atoms. The van der Waals surface area contributed by atoms with Crippen LogP contribution in [0.3, 0.4) is 0 Å². The smallest absolute Gasteiger partial charge is 0.245 e. The van der Waals surface area contributed by atoms with E-state index in [1.165, 1.54) is 0 Å². The van der Waals surface area contributed by atoms with Crippen molar-refractivity contribution >= 4 is 5.91 Å². The molecule has 1 aromatic rings. The normalized spacial score (nSPS) is 25.1. The molecule has 0 radical (unpaired) electrons. The average molecular weight is 262 g/mol. The van der Waals surface area contributed by atoms with E-state index in [1.807, 2.05) is 12.1 Å². The van der Waals surface area contributed by atoms with Crippen molar-refractivity contribution < 1.29 is 14.3 Å². The van der Waals surface area contributed by atoms with Gasteiger partial charge in [0.05, 0.1) is 20.9 Å².